The van der Waals surface area contributed by atoms with Crippen molar-refractivity contribution in [2.45, 2.75) is 32.0 Å². The van der Waals surface area contributed by atoms with Gasteiger partial charge in [0.05, 0.1) is 6.10 Å². The summed E-state index contributed by atoms with van der Waals surface area (Å²) in [7, 11) is 1.88. The van der Waals surface area contributed by atoms with E-state index in [-0.39, 0.29) is 6.10 Å². The molecule has 0 aliphatic heterocycles. The van der Waals surface area contributed by atoms with E-state index < -0.39 is 0 Å². The first kappa shape index (κ1) is 12.2. The number of hydrogen-bond acceptors (Lipinski definition) is 4. The zero-order chi connectivity index (χ0) is 13.2. The largest absolute Gasteiger partial charge is 0.486 e. The minimum absolute atomic E-state index is 0.359. The van der Waals surface area contributed by atoms with Gasteiger partial charge in [-0.1, -0.05) is 6.07 Å². The van der Waals surface area contributed by atoms with E-state index >= 15 is 0 Å². The van der Waals surface area contributed by atoms with Gasteiger partial charge < -0.3 is 14.4 Å². The molecule has 1 atom stereocenters. The fourth-order valence-electron chi connectivity index (χ4n) is 2.43. The lowest BCUT2D eigenvalue weighted by Gasteiger charge is -2.21. The van der Waals surface area contributed by atoms with Gasteiger partial charge in [-0.3, -0.25) is 0 Å². The van der Waals surface area contributed by atoms with Crippen LogP contribution in [0.3, 0.4) is 0 Å². The molecule has 0 radical (unpaired) electrons. The first-order chi connectivity index (χ1) is 9.24. The van der Waals surface area contributed by atoms with Gasteiger partial charge in [0.15, 0.2) is 5.82 Å². The maximum Gasteiger partial charge on any atom is 0.170 e. The normalized spacial score (nSPS) is 18.1. The summed E-state index contributed by atoms with van der Waals surface area (Å²) in [6.45, 7) is 0.380. The van der Waals surface area contributed by atoms with Crippen LogP contribution in [-0.4, -0.2) is 19.9 Å². The molecular weight excluding hydrogens is 242 g/mol. The third-order valence-corrected chi connectivity index (χ3v) is 3.57. The van der Waals surface area contributed by atoms with E-state index in [2.05, 4.69) is 10.2 Å². The Hall–Kier alpha value is -1.88. The number of hydrogen-bond donors (Lipinski definition) is 1. The van der Waals surface area contributed by atoms with Gasteiger partial charge in [-0.25, -0.2) is 0 Å². The highest BCUT2D eigenvalue weighted by atomic mass is 16.5. The quantitative estimate of drug-likeness (QED) is 0.912. The fourth-order valence-corrected chi connectivity index (χ4v) is 2.43. The molecular formula is C14H17N3O2. The van der Waals surface area contributed by atoms with Crippen molar-refractivity contribution in [3.63, 3.8) is 0 Å². The third kappa shape index (κ3) is 2.46. The Morgan fingerprint density at radius 1 is 1.47 bits per heavy atom. The maximum atomic E-state index is 10.0. The van der Waals surface area contributed by atoms with Gasteiger partial charge in [-0.2, -0.15) is 0 Å². The van der Waals surface area contributed by atoms with E-state index in [1.54, 1.807) is 6.33 Å². The molecule has 0 saturated carbocycles. The van der Waals surface area contributed by atoms with Gasteiger partial charge in [0.2, 0.25) is 0 Å². The average Bonchev–Trinajstić information content (AvgIpc) is 2.83. The van der Waals surface area contributed by atoms with Crippen molar-refractivity contribution in [1.29, 1.82) is 0 Å². The van der Waals surface area contributed by atoms with Crippen molar-refractivity contribution >= 4 is 0 Å². The molecule has 1 heterocycles. The Labute approximate surface area is 111 Å². The van der Waals surface area contributed by atoms with Crippen LogP contribution in [0.2, 0.25) is 0 Å². The summed E-state index contributed by atoms with van der Waals surface area (Å²) in [6, 6.07) is 5.94. The predicted octanol–water partition coefficient (Wildman–Crippen LogP) is 1.76. The van der Waals surface area contributed by atoms with E-state index in [4.69, 9.17) is 4.74 Å². The number of aliphatic hydroxyl groups is 1. The van der Waals surface area contributed by atoms with Gasteiger partial charge in [0.25, 0.3) is 0 Å². The molecule has 2 aromatic rings. The number of aryl methyl sites for hydroxylation is 2. The molecule has 0 spiro atoms. The van der Waals surface area contributed by atoms with Crippen LogP contribution in [0.15, 0.2) is 24.5 Å². The summed E-state index contributed by atoms with van der Waals surface area (Å²) in [5.74, 6) is 1.54. The average molecular weight is 259 g/mol. The van der Waals surface area contributed by atoms with Crippen molar-refractivity contribution in [3.8, 4) is 5.75 Å². The summed E-state index contributed by atoms with van der Waals surface area (Å²) in [6.07, 6.45) is 4.21. The first-order valence-electron chi connectivity index (χ1n) is 6.50. The van der Waals surface area contributed by atoms with Crippen molar-refractivity contribution in [2.75, 3.05) is 0 Å². The second-order valence-electron chi connectivity index (χ2n) is 4.92. The van der Waals surface area contributed by atoms with Crippen LogP contribution in [0.25, 0.3) is 0 Å². The summed E-state index contributed by atoms with van der Waals surface area (Å²) in [5, 5.41) is 17.8. The summed E-state index contributed by atoms with van der Waals surface area (Å²) in [4.78, 5) is 0. The van der Waals surface area contributed by atoms with E-state index in [9.17, 15) is 5.11 Å². The number of aliphatic hydroxyl groups excluding tert-OH is 1. The first-order valence-corrected chi connectivity index (χ1v) is 6.50. The SMILES string of the molecule is Cn1cnnc1COc1ccc2c(c1)[C@H](O)CCC2. The number of nitrogens with zero attached hydrogens (tertiary/aromatic N) is 3. The van der Waals surface area contributed by atoms with Crippen molar-refractivity contribution < 1.29 is 9.84 Å². The fraction of sp³-hybridized carbons (Fsp3) is 0.429. The van der Waals surface area contributed by atoms with E-state index in [0.717, 1.165) is 36.4 Å². The van der Waals surface area contributed by atoms with Crippen molar-refractivity contribution in [1.82, 2.24) is 14.8 Å². The zero-order valence-corrected chi connectivity index (χ0v) is 10.9. The second kappa shape index (κ2) is 5.01. The summed E-state index contributed by atoms with van der Waals surface area (Å²) in [5.41, 5.74) is 2.23. The Morgan fingerprint density at radius 3 is 3.16 bits per heavy atom. The molecule has 1 aromatic carbocycles. The number of fused-ring (bicyclic) bond motifs is 1. The van der Waals surface area contributed by atoms with E-state index in [1.807, 2.05) is 29.8 Å². The zero-order valence-electron chi connectivity index (χ0n) is 10.9. The number of ether oxygens (including phenoxy) is 1. The van der Waals surface area contributed by atoms with Crippen LogP contribution in [0.4, 0.5) is 0 Å². The third-order valence-electron chi connectivity index (χ3n) is 3.57. The monoisotopic (exact) mass is 259 g/mol. The number of benzene rings is 1. The smallest absolute Gasteiger partial charge is 0.170 e. The molecule has 5 heteroatoms. The predicted molar refractivity (Wildman–Crippen MR) is 69.7 cm³/mol. The highest BCUT2D eigenvalue weighted by Crippen LogP contribution is 2.32. The molecule has 0 fully saturated rings. The molecule has 1 N–H and O–H groups in total. The van der Waals surface area contributed by atoms with Crippen LogP contribution < -0.4 is 4.74 Å². The molecule has 1 aromatic heterocycles. The minimum atomic E-state index is -0.359. The highest BCUT2D eigenvalue weighted by molar-refractivity contribution is 5.38. The van der Waals surface area contributed by atoms with Crippen LogP contribution >= 0.6 is 0 Å². The Bertz CT molecular complexity index is 580. The number of rotatable bonds is 3. The second-order valence-corrected chi connectivity index (χ2v) is 4.92. The molecule has 0 bridgehead atoms. The maximum absolute atomic E-state index is 10.0. The van der Waals surface area contributed by atoms with Crippen molar-refractivity contribution in [3.05, 3.63) is 41.5 Å². The Morgan fingerprint density at radius 2 is 2.37 bits per heavy atom. The van der Waals surface area contributed by atoms with Gasteiger partial charge in [0, 0.05) is 7.05 Å². The topological polar surface area (TPSA) is 60.2 Å². The molecule has 5 nitrogen and oxygen atoms in total. The lowest BCUT2D eigenvalue weighted by atomic mass is 9.89. The lowest BCUT2D eigenvalue weighted by Crippen LogP contribution is -2.10. The van der Waals surface area contributed by atoms with Crippen LogP contribution in [-0.2, 0) is 20.1 Å². The van der Waals surface area contributed by atoms with Gasteiger partial charge in [0.1, 0.15) is 18.7 Å². The van der Waals surface area contributed by atoms with Gasteiger partial charge >= 0.3 is 0 Å². The van der Waals surface area contributed by atoms with E-state index in [1.165, 1.54) is 5.56 Å². The highest BCUT2D eigenvalue weighted by Gasteiger charge is 2.18. The molecule has 0 amide bonds. The Balaban J connectivity index is 1.75. The van der Waals surface area contributed by atoms with Crippen LogP contribution in [0.5, 0.6) is 5.75 Å². The lowest BCUT2D eigenvalue weighted by molar-refractivity contribution is 0.156. The van der Waals surface area contributed by atoms with Gasteiger partial charge in [-0.05, 0) is 42.5 Å². The molecule has 19 heavy (non-hydrogen) atoms. The summed E-state index contributed by atoms with van der Waals surface area (Å²) >= 11 is 0. The molecule has 0 saturated heterocycles. The van der Waals surface area contributed by atoms with Crippen LogP contribution in [0.1, 0.15) is 35.9 Å². The minimum Gasteiger partial charge on any atom is -0.486 e. The molecule has 1 aliphatic rings. The van der Waals surface area contributed by atoms with E-state index in [0.29, 0.717) is 6.61 Å². The standard InChI is InChI=1S/C14H17N3O2/c1-17-9-15-16-14(17)8-19-11-6-5-10-3-2-4-13(18)12(10)7-11/h5-7,9,13,18H,2-4,8H2,1H3/t13-/m1/s1. The molecule has 100 valence electrons. The molecule has 3 rings (SSSR count). The van der Waals surface area contributed by atoms with Gasteiger partial charge in [-0.15, -0.1) is 10.2 Å². The van der Waals surface area contributed by atoms with Crippen LogP contribution in [0, 0.1) is 0 Å². The number of aromatic nitrogens is 3. The Kier molecular flexibility index (Phi) is 3.21. The summed E-state index contributed by atoms with van der Waals surface area (Å²) < 4.78 is 7.54. The van der Waals surface area contributed by atoms with Crippen molar-refractivity contribution in [2.24, 2.45) is 7.05 Å². The molecule has 0 unspecified atom stereocenters. The molecule has 1 aliphatic carbocycles.